The normalized spacial score (nSPS) is 10.7. The van der Waals surface area contributed by atoms with Crippen molar-refractivity contribution in [3.05, 3.63) is 59.1 Å². The smallest absolute Gasteiger partial charge is 0.155 e. The van der Waals surface area contributed by atoms with Gasteiger partial charge < -0.3 is 5.73 Å². The summed E-state index contributed by atoms with van der Waals surface area (Å²) in [7, 11) is 0. The molecular weight excluding hydrogens is 272 g/mol. The lowest BCUT2D eigenvalue weighted by Gasteiger charge is -2.04. The van der Waals surface area contributed by atoms with Gasteiger partial charge in [-0.25, -0.2) is 0 Å². The summed E-state index contributed by atoms with van der Waals surface area (Å²) in [5, 5.41) is 8.91. The maximum absolute atomic E-state index is 6.15. The molecular formula is C15H13ClN4. The molecule has 2 aromatic carbocycles. The Morgan fingerprint density at radius 1 is 1.10 bits per heavy atom. The number of rotatable bonds is 2. The lowest BCUT2D eigenvalue weighted by molar-refractivity contribution is 0.810. The molecule has 0 aliphatic rings. The summed E-state index contributed by atoms with van der Waals surface area (Å²) in [5.41, 5.74) is 9.75. The first-order chi connectivity index (χ1) is 9.65. The molecule has 20 heavy (non-hydrogen) atoms. The Bertz CT molecular complexity index is 747. The molecule has 0 aliphatic carbocycles. The number of aryl methyl sites for hydroxylation is 1. The first kappa shape index (κ1) is 12.7. The van der Waals surface area contributed by atoms with Crippen LogP contribution < -0.4 is 5.73 Å². The van der Waals surface area contributed by atoms with Gasteiger partial charge in [-0.3, -0.25) is 0 Å². The number of anilines is 1. The van der Waals surface area contributed by atoms with E-state index in [0.29, 0.717) is 16.5 Å². The van der Waals surface area contributed by atoms with E-state index in [9.17, 15) is 0 Å². The van der Waals surface area contributed by atoms with Gasteiger partial charge in [-0.1, -0.05) is 52.7 Å². The Hall–Kier alpha value is -2.33. The number of nitrogen functional groups attached to an aromatic ring is 1. The molecule has 2 N–H and O–H groups in total. The zero-order valence-electron chi connectivity index (χ0n) is 10.9. The van der Waals surface area contributed by atoms with E-state index in [1.807, 2.05) is 43.3 Å². The summed E-state index contributed by atoms with van der Waals surface area (Å²) in [6.07, 6.45) is 0. The maximum Gasteiger partial charge on any atom is 0.155 e. The molecule has 0 amide bonds. The van der Waals surface area contributed by atoms with Crippen molar-refractivity contribution in [2.45, 2.75) is 6.92 Å². The molecule has 1 heterocycles. The van der Waals surface area contributed by atoms with Crippen molar-refractivity contribution in [3.63, 3.8) is 0 Å². The molecule has 0 atom stereocenters. The average molecular weight is 285 g/mol. The second-order valence-corrected chi connectivity index (χ2v) is 5.02. The first-order valence-electron chi connectivity index (χ1n) is 6.19. The van der Waals surface area contributed by atoms with E-state index in [0.717, 1.165) is 11.3 Å². The van der Waals surface area contributed by atoms with Crippen molar-refractivity contribution >= 4 is 17.4 Å². The van der Waals surface area contributed by atoms with Crippen molar-refractivity contribution in [1.29, 1.82) is 0 Å². The summed E-state index contributed by atoms with van der Waals surface area (Å²) in [6.45, 7) is 2.04. The third kappa shape index (κ3) is 2.26. The van der Waals surface area contributed by atoms with Crippen LogP contribution in [0.3, 0.4) is 0 Å². The van der Waals surface area contributed by atoms with Crippen LogP contribution in [-0.2, 0) is 0 Å². The van der Waals surface area contributed by atoms with Crippen LogP contribution in [0.1, 0.15) is 5.56 Å². The van der Waals surface area contributed by atoms with Crippen molar-refractivity contribution in [3.8, 4) is 16.9 Å². The second kappa shape index (κ2) is 4.98. The molecule has 1 aromatic heterocycles. The van der Waals surface area contributed by atoms with E-state index in [4.69, 9.17) is 17.3 Å². The summed E-state index contributed by atoms with van der Waals surface area (Å²) >= 11 is 5.99. The summed E-state index contributed by atoms with van der Waals surface area (Å²) in [4.78, 5) is 0. The van der Waals surface area contributed by atoms with E-state index in [-0.39, 0.29) is 0 Å². The molecule has 3 rings (SSSR count). The van der Waals surface area contributed by atoms with Gasteiger partial charge in [0.15, 0.2) is 5.82 Å². The largest absolute Gasteiger partial charge is 0.382 e. The van der Waals surface area contributed by atoms with Crippen LogP contribution in [0.4, 0.5) is 5.82 Å². The molecule has 0 spiro atoms. The number of nitrogens with two attached hydrogens (primary N) is 1. The maximum atomic E-state index is 6.15. The Morgan fingerprint density at radius 3 is 2.55 bits per heavy atom. The Labute approximate surface area is 121 Å². The van der Waals surface area contributed by atoms with Crippen molar-refractivity contribution in [2.24, 2.45) is 0 Å². The molecule has 5 heteroatoms. The predicted octanol–water partition coefficient (Wildman–Crippen LogP) is 3.48. The average Bonchev–Trinajstić information content (AvgIpc) is 2.82. The number of halogens is 1. The van der Waals surface area contributed by atoms with Gasteiger partial charge in [0.05, 0.1) is 5.69 Å². The van der Waals surface area contributed by atoms with Crippen LogP contribution in [0.25, 0.3) is 16.9 Å². The van der Waals surface area contributed by atoms with Crippen LogP contribution in [0.5, 0.6) is 0 Å². The molecule has 3 aromatic rings. The van der Waals surface area contributed by atoms with E-state index in [2.05, 4.69) is 10.3 Å². The van der Waals surface area contributed by atoms with Gasteiger partial charge in [-0.2, -0.15) is 4.68 Å². The van der Waals surface area contributed by atoms with Crippen molar-refractivity contribution in [2.75, 3.05) is 5.73 Å². The minimum atomic E-state index is 0.496. The van der Waals surface area contributed by atoms with Gasteiger partial charge in [0.1, 0.15) is 5.69 Å². The molecule has 0 saturated carbocycles. The molecule has 0 unspecified atom stereocenters. The highest BCUT2D eigenvalue weighted by Gasteiger charge is 2.12. The van der Waals surface area contributed by atoms with Gasteiger partial charge >= 0.3 is 0 Å². The van der Waals surface area contributed by atoms with Crippen LogP contribution in [-0.4, -0.2) is 15.0 Å². The van der Waals surface area contributed by atoms with Crippen molar-refractivity contribution < 1.29 is 0 Å². The van der Waals surface area contributed by atoms with Crippen LogP contribution >= 0.6 is 11.6 Å². The lowest BCUT2D eigenvalue weighted by atomic mass is 10.1. The van der Waals surface area contributed by atoms with Crippen LogP contribution in [0.15, 0.2) is 48.5 Å². The second-order valence-electron chi connectivity index (χ2n) is 4.58. The Morgan fingerprint density at radius 2 is 1.85 bits per heavy atom. The molecule has 0 fully saturated rings. The predicted molar refractivity (Wildman–Crippen MR) is 81.0 cm³/mol. The lowest BCUT2D eigenvalue weighted by Crippen LogP contribution is -2.02. The third-order valence-electron chi connectivity index (χ3n) is 3.08. The van der Waals surface area contributed by atoms with Crippen LogP contribution in [0, 0.1) is 6.92 Å². The molecule has 0 aliphatic heterocycles. The SMILES string of the molecule is Cc1ccc(-c2nnn(-c3cccc(Cl)c3)c2N)cc1. The monoisotopic (exact) mass is 284 g/mol. The van der Waals surface area contributed by atoms with Gasteiger partial charge in [-0.15, -0.1) is 5.10 Å². The molecule has 0 radical (unpaired) electrons. The third-order valence-corrected chi connectivity index (χ3v) is 3.32. The summed E-state index contributed by atoms with van der Waals surface area (Å²) in [6, 6.07) is 15.3. The Kier molecular flexibility index (Phi) is 3.16. The standard InChI is InChI=1S/C15H13ClN4/c1-10-5-7-11(8-6-10)14-15(17)20(19-18-14)13-4-2-3-12(16)9-13/h2-9H,17H2,1H3. The highest BCUT2D eigenvalue weighted by Crippen LogP contribution is 2.26. The molecule has 100 valence electrons. The van der Waals surface area contributed by atoms with Crippen LogP contribution in [0.2, 0.25) is 5.02 Å². The number of benzene rings is 2. The fraction of sp³-hybridized carbons (Fsp3) is 0.0667. The van der Waals surface area contributed by atoms with E-state index in [1.54, 1.807) is 16.8 Å². The first-order valence-corrected chi connectivity index (χ1v) is 6.57. The number of hydrogen-bond donors (Lipinski definition) is 1. The number of hydrogen-bond acceptors (Lipinski definition) is 3. The topological polar surface area (TPSA) is 56.7 Å². The molecule has 4 nitrogen and oxygen atoms in total. The van der Waals surface area contributed by atoms with Gasteiger partial charge in [0.2, 0.25) is 0 Å². The van der Waals surface area contributed by atoms with Crippen molar-refractivity contribution in [1.82, 2.24) is 15.0 Å². The zero-order chi connectivity index (χ0) is 14.1. The highest BCUT2D eigenvalue weighted by atomic mass is 35.5. The fourth-order valence-corrected chi connectivity index (χ4v) is 2.19. The fourth-order valence-electron chi connectivity index (χ4n) is 2.00. The summed E-state index contributed by atoms with van der Waals surface area (Å²) < 4.78 is 1.58. The van der Waals surface area contributed by atoms with E-state index < -0.39 is 0 Å². The number of aromatic nitrogens is 3. The highest BCUT2D eigenvalue weighted by molar-refractivity contribution is 6.30. The zero-order valence-corrected chi connectivity index (χ0v) is 11.7. The van der Waals surface area contributed by atoms with Gasteiger partial charge in [-0.05, 0) is 25.1 Å². The quantitative estimate of drug-likeness (QED) is 0.784. The van der Waals surface area contributed by atoms with E-state index >= 15 is 0 Å². The number of nitrogens with zero attached hydrogens (tertiary/aromatic N) is 3. The van der Waals surface area contributed by atoms with E-state index in [1.165, 1.54) is 5.56 Å². The minimum Gasteiger partial charge on any atom is -0.382 e. The summed E-state index contributed by atoms with van der Waals surface area (Å²) in [5.74, 6) is 0.496. The molecule has 0 bridgehead atoms. The van der Waals surface area contributed by atoms with Gasteiger partial charge in [0, 0.05) is 10.6 Å². The minimum absolute atomic E-state index is 0.496. The molecule has 0 saturated heterocycles. The Balaban J connectivity index is 2.07. The van der Waals surface area contributed by atoms with Gasteiger partial charge in [0.25, 0.3) is 0 Å².